The molecule has 1 heterocycles. The number of anilines is 1. The largest absolute Gasteiger partial charge is 0.476 e. The summed E-state index contributed by atoms with van der Waals surface area (Å²) in [6.45, 7) is 2.66. The molecule has 0 aliphatic rings. The molecule has 0 aliphatic heterocycles. The first-order valence-electron chi connectivity index (χ1n) is 7.14. The van der Waals surface area contributed by atoms with Crippen molar-refractivity contribution >= 4 is 28.9 Å². The number of nitro benzene ring substituents is 2. The van der Waals surface area contributed by atoms with E-state index in [1.165, 1.54) is 26.1 Å². The Kier molecular flexibility index (Phi) is 4.96. The van der Waals surface area contributed by atoms with Crippen molar-refractivity contribution in [1.29, 1.82) is 0 Å². The quantitative estimate of drug-likeness (QED) is 0.578. The molecule has 1 aromatic carbocycles. The molecule has 1 unspecified atom stereocenters. The Morgan fingerprint density at radius 3 is 2.19 bits per heavy atom. The molecule has 0 bridgehead atoms. The maximum Gasteiger partial charge on any atom is 0.356 e. The van der Waals surface area contributed by atoms with E-state index in [1.807, 2.05) is 0 Å². The van der Waals surface area contributed by atoms with Crippen LogP contribution < -0.4 is 5.32 Å². The molecule has 12 nitrogen and oxygen atoms in total. The Hall–Kier alpha value is -3.83. The number of hydrogen-bond donors (Lipinski definition) is 2. The van der Waals surface area contributed by atoms with Gasteiger partial charge in [0.15, 0.2) is 5.69 Å². The lowest BCUT2D eigenvalue weighted by Crippen LogP contribution is -2.24. The first kappa shape index (κ1) is 18.5. The van der Waals surface area contributed by atoms with Gasteiger partial charge in [-0.1, -0.05) is 0 Å². The molecule has 1 atom stereocenters. The molecule has 12 heteroatoms. The standard InChI is InChI=1S/C14H13N5O7/c1-7-11(18(23)24)5-9(6-12(7)19(25)26)15-13(20)8(2)17-4-3-10(16-17)14(21)22/h3-6,8H,1-2H3,(H,15,20)(H,21,22). The highest BCUT2D eigenvalue weighted by molar-refractivity contribution is 5.94. The van der Waals surface area contributed by atoms with Crippen LogP contribution in [0.3, 0.4) is 0 Å². The van der Waals surface area contributed by atoms with E-state index in [9.17, 15) is 29.8 Å². The van der Waals surface area contributed by atoms with Crippen LogP contribution in [-0.2, 0) is 4.79 Å². The summed E-state index contributed by atoms with van der Waals surface area (Å²) in [6.07, 6.45) is 1.29. The van der Waals surface area contributed by atoms with Gasteiger partial charge < -0.3 is 10.4 Å². The summed E-state index contributed by atoms with van der Waals surface area (Å²) < 4.78 is 1.09. The molecule has 1 aromatic heterocycles. The number of carbonyl (C=O) groups is 2. The minimum absolute atomic E-state index is 0.128. The van der Waals surface area contributed by atoms with Gasteiger partial charge in [0.1, 0.15) is 11.6 Å². The van der Waals surface area contributed by atoms with Crippen molar-refractivity contribution in [2.75, 3.05) is 5.32 Å². The van der Waals surface area contributed by atoms with E-state index in [2.05, 4.69) is 10.4 Å². The number of rotatable bonds is 6. The molecular formula is C14H13N5O7. The van der Waals surface area contributed by atoms with Gasteiger partial charge in [-0.15, -0.1) is 0 Å². The lowest BCUT2D eigenvalue weighted by molar-refractivity contribution is -0.395. The van der Waals surface area contributed by atoms with Crippen molar-refractivity contribution in [1.82, 2.24) is 9.78 Å². The minimum Gasteiger partial charge on any atom is -0.476 e. The zero-order valence-corrected chi connectivity index (χ0v) is 13.6. The molecule has 0 saturated heterocycles. The van der Waals surface area contributed by atoms with Gasteiger partial charge in [-0.2, -0.15) is 5.10 Å². The highest BCUT2D eigenvalue weighted by atomic mass is 16.6. The second-order valence-corrected chi connectivity index (χ2v) is 5.31. The number of aromatic nitrogens is 2. The van der Waals surface area contributed by atoms with E-state index >= 15 is 0 Å². The summed E-state index contributed by atoms with van der Waals surface area (Å²) >= 11 is 0. The fourth-order valence-electron chi connectivity index (χ4n) is 2.17. The first-order chi connectivity index (χ1) is 12.1. The van der Waals surface area contributed by atoms with Crippen molar-refractivity contribution in [3.63, 3.8) is 0 Å². The molecule has 0 aliphatic carbocycles. The van der Waals surface area contributed by atoms with E-state index in [0.717, 1.165) is 16.8 Å². The van der Waals surface area contributed by atoms with Crippen molar-refractivity contribution in [3.8, 4) is 0 Å². The second-order valence-electron chi connectivity index (χ2n) is 5.31. The Bertz CT molecular complexity index is 885. The molecule has 2 N–H and O–H groups in total. The highest BCUT2D eigenvalue weighted by Crippen LogP contribution is 2.32. The summed E-state index contributed by atoms with van der Waals surface area (Å²) in [5.74, 6) is -1.95. The van der Waals surface area contributed by atoms with Gasteiger partial charge in [0, 0.05) is 18.3 Å². The number of carbonyl (C=O) groups excluding carboxylic acids is 1. The Balaban J connectivity index is 2.31. The van der Waals surface area contributed by atoms with Crippen LogP contribution >= 0.6 is 0 Å². The third-order valence-corrected chi connectivity index (χ3v) is 3.62. The zero-order valence-electron chi connectivity index (χ0n) is 13.6. The van der Waals surface area contributed by atoms with Gasteiger partial charge in [0.05, 0.1) is 15.5 Å². The number of aromatic carboxylic acids is 1. The van der Waals surface area contributed by atoms with E-state index in [4.69, 9.17) is 5.11 Å². The normalized spacial score (nSPS) is 11.6. The molecule has 26 heavy (non-hydrogen) atoms. The van der Waals surface area contributed by atoms with Gasteiger partial charge >= 0.3 is 5.97 Å². The van der Waals surface area contributed by atoms with E-state index in [0.29, 0.717) is 0 Å². The number of nitro groups is 2. The average molecular weight is 363 g/mol. The van der Waals surface area contributed by atoms with Gasteiger partial charge in [0.2, 0.25) is 5.91 Å². The third-order valence-electron chi connectivity index (χ3n) is 3.62. The molecular weight excluding hydrogens is 350 g/mol. The van der Waals surface area contributed by atoms with Crippen LogP contribution in [0.15, 0.2) is 24.4 Å². The van der Waals surface area contributed by atoms with Gasteiger partial charge in [-0.3, -0.25) is 29.7 Å². The predicted octanol–water partition coefficient (Wildman–Crippen LogP) is 1.91. The number of carboxylic acid groups (broad SMARTS) is 1. The fraction of sp³-hybridized carbons (Fsp3) is 0.214. The van der Waals surface area contributed by atoms with E-state index in [-0.39, 0.29) is 16.9 Å². The molecule has 2 rings (SSSR count). The van der Waals surface area contributed by atoms with Crippen molar-refractivity contribution in [3.05, 3.63) is 55.9 Å². The van der Waals surface area contributed by atoms with Crippen LogP contribution in [0.25, 0.3) is 0 Å². The van der Waals surface area contributed by atoms with E-state index in [1.54, 1.807) is 0 Å². The SMILES string of the molecule is Cc1c([N+](=O)[O-])cc(NC(=O)C(C)n2ccc(C(=O)O)n2)cc1[N+](=O)[O-]. The minimum atomic E-state index is -1.26. The Morgan fingerprint density at radius 1 is 1.23 bits per heavy atom. The maximum atomic E-state index is 12.3. The molecule has 0 saturated carbocycles. The Morgan fingerprint density at radius 2 is 1.77 bits per heavy atom. The molecule has 0 spiro atoms. The number of hydrogen-bond acceptors (Lipinski definition) is 7. The van der Waals surface area contributed by atoms with Crippen LogP contribution in [0.4, 0.5) is 17.1 Å². The summed E-state index contributed by atoms with van der Waals surface area (Å²) in [5, 5.41) is 37.0. The zero-order chi connectivity index (χ0) is 19.6. The van der Waals surface area contributed by atoms with Crippen molar-refractivity contribution < 1.29 is 24.5 Å². The van der Waals surface area contributed by atoms with Crippen LogP contribution in [0, 0.1) is 27.2 Å². The molecule has 136 valence electrons. The average Bonchev–Trinajstić information content (AvgIpc) is 3.05. The lowest BCUT2D eigenvalue weighted by atomic mass is 10.1. The van der Waals surface area contributed by atoms with Gasteiger partial charge in [-0.25, -0.2) is 4.79 Å². The molecule has 1 amide bonds. The van der Waals surface area contributed by atoms with Gasteiger partial charge in [-0.05, 0) is 19.9 Å². The lowest BCUT2D eigenvalue weighted by Gasteiger charge is -2.13. The predicted molar refractivity (Wildman–Crippen MR) is 87.0 cm³/mol. The highest BCUT2D eigenvalue weighted by Gasteiger charge is 2.25. The van der Waals surface area contributed by atoms with Crippen LogP contribution in [0.5, 0.6) is 0 Å². The van der Waals surface area contributed by atoms with Gasteiger partial charge in [0.25, 0.3) is 11.4 Å². The first-order valence-corrected chi connectivity index (χ1v) is 7.14. The number of nitrogens with zero attached hydrogens (tertiary/aromatic N) is 4. The van der Waals surface area contributed by atoms with Crippen LogP contribution in [0.1, 0.15) is 29.0 Å². The third kappa shape index (κ3) is 3.63. The maximum absolute atomic E-state index is 12.3. The van der Waals surface area contributed by atoms with Crippen LogP contribution in [0.2, 0.25) is 0 Å². The molecule has 0 radical (unpaired) electrons. The van der Waals surface area contributed by atoms with Crippen molar-refractivity contribution in [2.24, 2.45) is 0 Å². The monoisotopic (exact) mass is 363 g/mol. The Labute approximate surface area is 145 Å². The molecule has 0 fully saturated rings. The number of nitrogens with one attached hydrogen (secondary N) is 1. The van der Waals surface area contributed by atoms with E-state index < -0.39 is 39.1 Å². The number of carboxylic acids is 1. The summed E-state index contributed by atoms with van der Waals surface area (Å²) in [7, 11) is 0. The smallest absolute Gasteiger partial charge is 0.356 e. The second kappa shape index (κ2) is 6.96. The molecule has 2 aromatic rings. The number of amides is 1. The number of benzene rings is 1. The summed E-state index contributed by atoms with van der Waals surface area (Å²) in [5.41, 5.74) is -1.53. The van der Waals surface area contributed by atoms with Crippen molar-refractivity contribution in [2.45, 2.75) is 19.9 Å². The fourth-order valence-corrected chi connectivity index (χ4v) is 2.17. The summed E-state index contributed by atoms with van der Waals surface area (Å²) in [6, 6.07) is 2.27. The van der Waals surface area contributed by atoms with Crippen LogP contribution in [-0.4, -0.2) is 36.6 Å². The topological polar surface area (TPSA) is 170 Å². The summed E-state index contributed by atoms with van der Waals surface area (Å²) in [4.78, 5) is 43.7.